The van der Waals surface area contributed by atoms with Crippen LogP contribution in [0.3, 0.4) is 0 Å². The molecule has 0 unspecified atom stereocenters. The van der Waals surface area contributed by atoms with Gasteiger partial charge in [-0.3, -0.25) is 0 Å². The summed E-state index contributed by atoms with van der Waals surface area (Å²) in [5.74, 6) is 5.99. The zero-order valence-corrected chi connectivity index (χ0v) is 9.24. The van der Waals surface area contributed by atoms with Crippen molar-refractivity contribution in [3.63, 3.8) is 0 Å². The van der Waals surface area contributed by atoms with Crippen molar-refractivity contribution in [2.45, 2.75) is 12.8 Å². The van der Waals surface area contributed by atoms with E-state index in [1.165, 1.54) is 0 Å². The predicted octanol–water partition coefficient (Wildman–Crippen LogP) is 2.62. The molecular weight excluding hydrogens is 275 g/mol. The Bertz CT molecular complexity index is 347. The fraction of sp³-hybridized carbons (Fsp3) is 0.182. The van der Waals surface area contributed by atoms with Crippen LogP contribution in [-0.2, 0) is 4.79 Å². The lowest BCUT2D eigenvalue weighted by Crippen LogP contribution is -1.79. The molecule has 0 atom stereocenters. The first kappa shape index (κ1) is 10.3. The lowest BCUT2D eigenvalue weighted by molar-refractivity contribution is -0.107. The van der Waals surface area contributed by atoms with Crippen molar-refractivity contribution in [1.29, 1.82) is 0 Å². The maximum absolute atomic E-state index is 10.0. The third-order valence-electron chi connectivity index (χ3n) is 1.48. The van der Waals surface area contributed by atoms with Gasteiger partial charge in [-0.1, -0.05) is 24.0 Å². The Morgan fingerprint density at radius 1 is 1.38 bits per heavy atom. The molecule has 0 saturated carbocycles. The van der Waals surface area contributed by atoms with Crippen LogP contribution < -0.4 is 0 Å². The van der Waals surface area contributed by atoms with Crippen molar-refractivity contribution in [3.05, 3.63) is 33.4 Å². The predicted molar refractivity (Wildman–Crippen MR) is 61.3 cm³/mol. The molecule has 0 saturated heterocycles. The van der Waals surface area contributed by atoms with Crippen LogP contribution in [0, 0.1) is 15.4 Å². The summed E-state index contributed by atoms with van der Waals surface area (Å²) in [6.45, 7) is 0. The molecule has 0 bridgehead atoms. The normalized spacial score (nSPS) is 8.69. The van der Waals surface area contributed by atoms with E-state index >= 15 is 0 Å². The molecule has 0 aromatic heterocycles. The Kier molecular flexibility index (Phi) is 4.55. The summed E-state index contributed by atoms with van der Waals surface area (Å²) in [6.07, 6.45) is 2.07. The Balaban J connectivity index is 2.66. The van der Waals surface area contributed by atoms with Crippen molar-refractivity contribution < 1.29 is 4.79 Å². The van der Waals surface area contributed by atoms with E-state index in [4.69, 9.17) is 0 Å². The molecule has 1 nitrogen and oxygen atoms in total. The first-order chi connectivity index (χ1) is 6.34. The number of halogens is 1. The topological polar surface area (TPSA) is 17.1 Å². The summed E-state index contributed by atoms with van der Waals surface area (Å²) < 4.78 is 1.15. The number of rotatable bonds is 2. The number of benzene rings is 1. The molecule has 0 aliphatic heterocycles. The molecule has 2 heteroatoms. The van der Waals surface area contributed by atoms with Crippen LogP contribution >= 0.6 is 22.6 Å². The van der Waals surface area contributed by atoms with Gasteiger partial charge in [0, 0.05) is 22.0 Å². The molecule has 0 radical (unpaired) electrons. The number of carbonyl (C=O) groups excluding carboxylic acids is 1. The van der Waals surface area contributed by atoms with Crippen LogP contribution in [0.15, 0.2) is 24.3 Å². The van der Waals surface area contributed by atoms with Gasteiger partial charge in [0.15, 0.2) is 0 Å². The molecule has 0 aliphatic rings. The molecular formula is C11H9IO. The molecule has 0 heterocycles. The first-order valence-corrected chi connectivity index (χ1v) is 5.09. The largest absolute Gasteiger partial charge is 0.303 e. The van der Waals surface area contributed by atoms with Gasteiger partial charge < -0.3 is 4.79 Å². The van der Waals surface area contributed by atoms with Crippen LogP contribution in [-0.4, -0.2) is 6.29 Å². The summed E-state index contributed by atoms with van der Waals surface area (Å²) in [7, 11) is 0. The molecule has 0 amide bonds. The Hall–Kier alpha value is -0.820. The molecule has 0 N–H and O–H groups in total. The second kappa shape index (κ2) is 5.76. The van der Waals surface area contributed by atoms with E-state index in [-0.39, 0.29) is 0 Å². The smallest absolute Gasteiger partial charge is 0.120 e. The number of aldehydes is 1. The second-order valence-corrected chi connectivity index (χ2v) is 3.65. The zero-order valence-electron chi connectivity index (χ0n) is 7.09. The quantitative estimate of drug-likeness (QED) is 0.353. The number of hydrogen-bond donors (Lipinski definition) is 0. The van der Waals surface area contributed by atoms with Crippen molar-refractivity contribution in [1.82, 2.24) is 0 Å². The number of unbranched alkanes of at least 4 members (excludes halogenated alkanes) is 1. The Labute approximate surface area is 91.7 Å². The molecule has 66 valence electrons. The van der Waals surface area contributed by atoms with Gasteiger partial charge in [-0.2, -0.15) is 0 Å². The summed E-state index contributed by atoms with van der Waals surface area (Å²) >= 11 is 2.25. The SMILES string of the molecule is O=CCCC#Cc1ccccc1I. The van der Waals surface area contributed by atoms with Crippen LogP contribution in [0.4, 0.5) is 0 Å². The van der Waals surface area contributed by atoms with Crippen molar-refractivity contribution in [2.75, 3.05) is 0 Å². The van der Waals surface area contributed by atoms with Gasteiger partial charge in [-0.15, -0.1) is 0 Å². The third kappa shape index (κ3) is 3.60. The molecule has 0 spiro atoms. The average molecular weight is 284 g/mol. The summed E-state index contributed by atoms with van der Waals surface area (Å²) in [5, 5.41) is 0. The molecule has 1 aromatic carbocycles. The molecule has 13 heavy (non-hydrogen) atoms. The molecule has 0 aliphatic carbocycles. The minimum absolute atomic E-state index is 0.524. The van der Waals surface area contributed by atoms with Crippen LogP contribution in [0.1, 0.15) is 18.4 Å². The zero-order chi connectivity index (χ0) is 9.52. The molecule has 1 rings (SSSR count). The van der Waals surface area contributed by atoms with Gasteiger partial charge in [0.05, 0.1) is 0 Å². The van der Waals surface area contributed by atoms with Gasteiger partial charge in [0.2, 0.25) is 0 Å². The highest BCUT2D eigenvalue weighted by Crippen LogP contribution is 2.09. The number of carbonyl (C=O) groups is 1. The van der Waals surface area contributed by atoms with Crippen LogP contribution in [0.25, 0.3) is 0 Å². The highest BCUT2D eigenvalue weighted by molar-refractivity contribution is 14.1. The molecule has 1 aromatic rings. The van der Waals surface area contributed by atoms with E-state index in [0.29, 0.717) is 12.8 Å². The average Bonchev–Trinajstić information content (AvgIpc) is 2.15. The van der Waals surface area contributed by atoms with E-state index in [1.807, 2.05) is 24.3 Å². The summed E-state index contributed by atoms with van der Waals surface area (Å²) in [5.41, 5.74) is 1.04. The van der Waals surface area contributed by atoms with Crippen molar-refractivity contribution >= 4 is 28.9 Å². The van der Waals surface area contributed by atoms with Gasteiger partial charge in [-0.05, 0) is 34.7 Å². The van der Waals surface area contributed by atoms with Gasteiger partial charge >= 0.3 is 0 Å². The van der Waals surface area contributed by atoms with Crippen molar-refractivity contribution in [3.8, 4) is 11.8 Å². The van der Waals surface area contributed by atoms with E-state index in [9.17, 15) is 4.79 Å². The van der Waals surface area contributed by atoms with Crippen LogP contribution in [0.2, 0.25) is 0 Å². The van der Waals surface area contributed by atoms with E-state index in [2.05, 4.69) is 34.4 Å². The van der Waals surface area contributed by atoms with Gasteiger partial charge in [-0.25, -0.2) is 0 Å². The minimum Gasteiger partial charge on any atom is -0.303 e. The van der Waals surface area contributed by atoms with E-state index < -0.39 is 0 Å². The second-order valence-electron chi connectivity index (χ2n) is 2.49. The lowest BCUT2D eigenvalue weighted by Gasteiger charge is -1.92. The summed E-state index contributed by atoms with van der Waals surface area (Å²) in [4.78, 5) is 10.0. The van der Waals surface area contributed by atoms with Gasteiger partial charge in [0.25, 0.3) is 0 Å². The number of hydrogen-bond acceptors (Lipinski definition) is 1. The van der Waals surface area contributed by atoms with Crippen molar-refractivity contribution in [2.24, 2.45) is 0 Å². The maximum atomic E-state index is 10.0. The minimum atomic E-state index is 0.524. The Morgan fingerprint density at radius 3 is 2.85 bits per heavy atom. The highest BCUT2D eigenvalue weighted by Gasteiger charge is 1.91. The molecule has 0 fully saturated rings. The summed E-state index contributed by atoms with van der Waals surface area (Å²) in [6, 6.07) is 7.95. The van der Waals surface area contributed by atoms with E-state index in [1.54, 1.807) is 0 Å². The highest BCUT2D eigenvalue weighted by atomic mass is 127. The Morgan fingerprint density at radius 2 is 2.15 bits per heavy atom. The van der Waals surface area contributed by atoms with Gasteiger partial charge in [0.1, 0.15) is 6.29 Å². The monoisotopic (exact) mass is 284 g/mol. The third-order valence-corrected chi connectivity index (χ3v) is 2.42. The fourth-order valence-electron chi connectivity index (χ4n) is 0.851. The lowest BCUT2D eigenvalue weighted by atomic mass is 10.2. The fourth-order valence-corrected chi connectivity index (χ4v) is 1.37. The van der Waals surface area contributed by atoms with Crippen LogP contribution in [0.5, 0.6) is 0 Å². The van der Waals surface area contributed by atoms with E-state index in [0.717, 1.165) is 15.4 Å². The first-order valence-electron chi connectivity index (χ1n) is 4.01. The maximum Gasteiger partial charge on any atom is 0.120 e. The standard InChI is InChI=1S/C11H9IO/c12-11-8-4-3-7-10(11)6-2-1-5-9-13/h3-4,7-9H,1,5H2.